The van der Waals surface area contributed by atoms with Gasteiger partial charge in [0.25, 0.3) is 5.69 Å². The zero-order valence-electron chi connectivity index (χ0n) is 15.3. The predicted molar refractivity (Wildman–Crippen MR) is 101 cm³/mol. The number of likely N-dealkylation sites (tertiary alicyclic amines) is 1. The van der Waals surface area contributed by atoms with Gasteiger partial charge in [-0.2, -0.15) is 0 Å². The number of hydrogen-bond acceptors (Lipinski definition) is 5. The van der Waals surface area contributed by atoms with Crippen molar-refractivity contribution in [2.24, 2.45) is 0 Å². The number of nitrogens with zero attached hydrogens (tertiary/aromatic N) is 2. The van der Waals surface area contributed by atoms with Gasteiger partial charge in [0.2, 0.25) is 5.91 Å². The Morgan fingerprint density at radius 2 is 1.79 bits per heavy atom. The molecule has 0 saturated carbocycles. The summed E-state index contributed by atoms with van der Waals surface area (Å²) in [5.41, 5.74) is 0.851. The molecule has 0 bridgehead atoms. The molecule has 144 valence electrons. The maximum absolute atomic E-state index is 12.6. The smallest absolute Gasteiger partial charge is 0.269 e. The van der Waals surface area contributed by atoms with Crippen LogP contribution >= 0.6 is 0 Å². The summed E-state index contributed by atoms with van der Waals surface area (Å²) in [4.78, 5) is 37.1. The zero-order valence-corrected chi connectivity index (χ0v) is 15.3. The monoisotopic (exact) mass is 380 g/mol. The van der Waals surface area contributed by atoms with Crippen molar-refractivity contribution in [3.8, 4) is 5.75 Å². The second-order valence-electron chi connectivity index (χ2n) is 7.36. The van der Waals surface area contributed by atoms with Crippen LogP contribution < -0.4 is 4.74 Å². The minimum atomic E-state index is -0.532. The Hall–Kier alpha value is -3.22. The number of hydrogen-bond donors (Lipinski definition) is 0. The van der Waals surface area contributed by atoms with E-state index < -0.39 is 10.5 Å². The number of para-hydroxylation sites is 1. The molecular formula is C21H20N2O5. The highest BCUT2D eigenvalue weighted by Crippen LogP contribution is 2.39. The van der Waals surface area contributed by atoms with E-state index in [4.69, 9.17) is 4.74 Å². The van der Waals surface area contributed by atoms with Crippen molar-refractivity contribution in [2.75, 3.05) is 13.1 Å². The minimum Gasteiger partial charge on any atom is -0.486 e. The average Bonchev–Trinajstić information content (AvgIpc) is 2.69. The second kappa shape index (κ2) is 7.07. The van der Waals surface area contributed by atoms with Crippen LogP contribution in [0.4, 0.5) is 5.69 Å². The number of ketones is 1. The van der Waals surface area contributed by atoms with E-state index in [9.17, 15) is 19.7 Å². The Bertz CT molecular complexity index is 930. The fraction of sp³-hybridized carbons (Fsp3) is 0.333. The molecule has 2 aliphatic rings. The SMILES string of the molecule is O=C1CC2(CCN(C(=O)Cc3ccc([N+](=O)[O-])cc3)CC2)Oc2ccccc21. The molecule has 0 aliphatic carbocycles. The number of piperidine rings is 1. The number of Topliss-reactive ketones (excluding diaryl/α,β-unsaturated/α-hetero) is 1. The van der Waals surface area contributed by atoms with Crippen molar-refractivity contribution < 1.29 is 19.2 Å². The average molecular weight is 380 g/mol. The van der Waals surface area contributed by atoms with Gasteiger partial charge >= 0.3 is 0 Å². The number of amides is 1. The number of nitro groups is 1. The molecule has 0 aromatic heterocycles. The molecule has 1 spiro atoms. The van der Waals surface area contributed by atoms with E-state index >= 15 is 0 Å². The number of fused-ring (bicyclic) bond motifs is 1. The molecule has 4 rings (SSSR count). The summed E-state index contributed by atoms with van der Waals surface area (Å²) in [6.45, 7) is 1.06. The zero-order chi connectivity index (χ0) is 19.7. The molecule has 0 radical (unpaired) electrons. The van der Waals surface area contributed by atoms with Crippen LogP contribution in [0, 0.1) is 10.1 Å². The van der Waals surface area contributed by atoms with Crippen molar-refractivity contribution in [1.82, 2.24) is 4.90 Å². The number of rotatable bonds is 3. The maximum Gasteiger partial charge on any atom is 0.269 e. The number of non-ortho nitro benzene ring substituents is 1. The quantitative estimate of drug-likeness (QED) is 0.603. The fourth-order valence-corrected chi connectivity index (χ4v) is 3.91. The van der Waals surface area contributed by atoms with Crippen LogP contribution in [0.5, 0.6) is 5.75 Å². The summed E-state index contributed by atoms with van der Waals surface area (Å²) in [7, 11) is 0. The lowest BCUT2D eigenvalue weighted by Gasteiger charge is -2.44. The fourth-order valence-electron chi connectivity index (χ4n) is 3.91. The van der Waals surface area contributed by atoms with Gasteiger partial charge in [0.1, 0.15) is 11.4 Å². The number of carbonyl (C=O) groups is 2. The van der Waals surface area contributed by atoms with E-state index in [0.29, 0.717) is 43.7 Å². The molecule has 28 heavy (non-hydrogen) atoms. The van der Waals surface area contributed by atoms with Gasteiger partial charge in [0.05, 0.1) is 23.3 Å². The Kier molecular flexibility index (Phi) is 4.58. The molecule has 1 fully saturated rings. The number of nitro benzene ring substituents is 1. The second-order valence-corrected chi connectivity index (χ2v) is 7.36. The third-order valence-electron chi connectivity index (χ3n) is 5.53. The molecule has 2 aromatic rings. The largest absolute Gasteiger partial charge is 0.486 e. The van der Waals surface area contributed by atoms with Crippen LogP contribution in [0.25, 0.3) is 0 Å². The number of benzene rings is 2. The predicted octanol–water partition coefficient (Wildman–Crippen LogP) is 3.16. The van der Waals surface area contributed by atoms with Gasteiger partial charge < -0.3 is 9.64 Å². The maximum atomic E-state index is 12.6. The highest BCUT2D eigenvalue weighted by Gasteiger charge is 2.43. The lowest BCUT2D eigenvalue weighted by atomic mass is 9.82. The summed E-state index contributed by atoms with van der Waals surface area (Å²) < 4.78 is 6.19. The minimum absolute atomic E-state index is 0.00973. The molecule has 0 N–H and O–H groups in total. The molecule has 7 nitrogen and oxygen atoms in total. The van der Waals surface area contributed by atoms with Crippen LogP contribution in [0.15, 0.2) is 48.5 Å². The van der Waals surface area contributed by atoms with E-state index in [1.54, 1.807) is 23.1 Å². The van der Waals surface area contributed by atoms with Crippen molar-refractivity contribution in [3.05, 3.63) is 69.8 Å². The van der Waals surface area contributed by atoms with Crippen molar-refractivity contribution in [3.63, 3.8) is 0 Å². The Balaban J connectivity index is 1.38. The highest BCUT2D eigenvalue weighted by atomic mass is 16.6. The van der Waals surface area contributed by atoms with E-state index in [2.05, 4.69) is 0 Å². The summed E-state index contributed by atoms with van der Waals surface area (Å²) in [6, 6.07) is 13.3. The van der Waals surface area contributed by atoms with E-state index in [1.165, 1.54) is 12.1 Å². The standard InChI is InChI=1S/C21H20N2O5/c24-18-14-21(28-19-4-2-1-3-17(18)19)9-11-22(12-10-21)20(25)13-15-5-7-16(8-6-15)23(26)27/h1-8H,9-14H2. The Morgan fingerprint density at radius 3 is 2.46 bits per heavy atom. The van der Waals surface area contributed by atoms with Crippen molar-refractivity contribution >= 4 is 17.4 Å². The highest BCUT2D eigenvalue weighted by molar-refractivity contribution is 6.00. The summed E-state index contributed by atoms with van der Waals surface area (Å²) in [5.74, 6) is 0.697. The molecular weight excluding hydrogens is 360 g/mol. The van der Waals surface area contributed by atoms with Gasteiger partial charge in [-0.25, -0.2) is 0 Å². The number of carbonyl (C=O) groups excluding carboxylic acids is 2. The molecule has 2 aromatic carbocycles. The molecule has 1 amide bonds. The van der Waals surface area contributed by atoms with E-state index in [-0.39, 0.29) is 23.8 Å². The van der Waals surface area contributed by atoms with Crippen molar-refractivity contribution in [1.29, 1.82) is 0 Å². The first-order valence-electron chi connectivity index (χ1n) is 9.28. The van der Waals surface area contributed by atoms with Gasteiger partial charge in [0, 0.05) is 38.1 Å². The Labute approximate surface area is 162 Å². The molecule has 2 aliphatic heterocycles. The molecule has 0 atom stereocenters. The van der Waals surface area contributed by atoms with Gasteiger partial charge in [-0.15, -0.1) is 0 Å². The first-order chi connectivity index (χ1) is 13.5. The van der Waals surface area contributed by atoms with Crippen LogP contribution in [0.3, 0.4) is 0 Å². The van der Waals surface area contributed by atoms with Crippen LogP contribution in [-0.2, 0) is 11.2 Å². The van der Waals surface area contributed by atoms with Crippen LogP contribution in [-0.4, -0.2) is 40.2 Å². The summed E-state index contributed by atoms with van der Waals surface area (Å²) in [5, 5.41) is 10.7. The van der Waals surface area contributed by atoms with Crippen LogP contribution in [0.2, 0.25) is 0 Å². The van der Waals surface area contributed by atoms with Gasteiger partial charge in [-0.1, -0.05) is 24.3 Å². The Morgan fingerprint density at radius 1 is 1.11 bits per heavy atom. The number of ether oxygens (including phenoxy) is 1. The normalized spacial score (nSPS) is 17.7. The van der Waals surface area contributed by atoms with Gasteiger partial charge in [0.15, 0.2) is 5.78 Å². The lowest BCUT2D eigenvalue weighted by Crippen LogP contribution is -2.52. The molecule has 2 heterocycles. The van der Waals surface area contributed by atoms with E-state index in [1.807, 2.05) is 18.2 Å². The third kappa shape index (κ3) is 3.47. The third-order valence-corrected chi connectivity index (χ3v) is 5.53. The summed E-state index contributed by atoms with van der Waals surface area (Å²) in [6.07, 6.45) is 1.76. The van der Waals surface area contributed by atoms with Crippen molar-refractivity contribution in [2.45, 2.75) is 31.3 Å². The first kappa shape index (κ1) is 18.2. The molecule has 7 heteroatoms. The lowest BCUT2D eigenvalue weighted by molar-refractivity contribution is -0.384. The molecule has 1 saturated heterocycles. The summed E-state index contributed by atoms with van der Waals surface area (Å²) >= 11 is 0. The van der Waals surface area contributed by atoms with Crippen LogP contribution in [0.1, 0.15) is 35.2 Å². The van der Waals surface area contributed by atoms with E-state index in [0.717, 1.165) is 5.56 Å². The first-order valence-corrected chi connectivity index (χ1v) is 9.28. The van der Waals surface area contributed by atoms with Gasteiger partial charge in [-0.3, -0.25) is 19.7 Å². The topological polar surface area (TPSA) is 89.8 Å². The molecule has 0 unspecified atom stereocenters. The van der Waals surface area contributed by atoms with Gasteiger partial charge in [-0.05, 0) is 17.7 Å².